The van der Waals surface area contributed by atoms with Crippen molar-refractivity contribution in [1.82, 2.24) is 29.7 Å². The van der Waals surface area contributed by atoms with Crippen LogP contribution in [0.5, 0.6) is 0 Å². The third-order valence-corrected chi connectivity index (χ3v) is 5.55. The van der Waals surface area contributed by atoms with Gasteiger partial charge >= 0.3 is 6.18 Å². The molecule has 0 radical (unpaired) electrons. The molecule has 0 aliphatic carbocycles. The molecular weight excluding hydrogens is 421 g/mol. The predicted molar refractivity (Wildman–Crippen MR) is 102 cm³/mol. The summed E-state index contributed by atoms with van der Waals surface area (Å²) in [6, 6.07) is 4.88. The molecule has 1 aliphatic heterocycles. The highest BCUT2D eigenvalue weighted by Gasteiger charge is 2.37. The van der Waals surface area contributed by atoms with Crippen LogP contribution in [0.1, 0.15) is 41.2 Å². The van der Waals surface area contributed by atoms with Gasteiger partial charge in [-0.2, -0.15) is 23.0 Å². The number of hydrogen-bond acceptors (Lipinski definition) is 4. The number of carbonyl (C=O) groups excluding carboxylic acids is 1. The average molecular weight is 439 g/mol. The summed E-state index contributed by atoms with van der Waals surface area (Å²) in [4.78, 5) is 14.5. The molecule has 0 saturated heterocycles. The van der Waals surface area contributed by atoms with Gasteiger partial charge in [0.05, 0.1) is 28.4 Å². The zero-order valence-electron chi connectivity index (χ0n) is 16.2. The van der Waals surface area contributed by atoms with Crippen molar-refractivity contribution < 1.29 is 18.0 Å². The summed E-state index contributed by atoms with van der Waals surface area (Å²) in [6.45, 7) is 4.63. The molecule has 3 aromatic rings. The van der Waals surface area contributed by atoms with Crippen molar-refractivity contribution in [3.05, 3.63) is 58.0 Å². The summed E-state index contributed by atoms with van der Waals surface area (Å²) >= 11 is 5.95. The Kier molecular flexibility index (Phi) is 5.05. The Labute approximate surface area is 175 Å². The maximum absolute atomic E-state index is 13.2. The molecule has 30 heavy (non-hydrogen) atoms. The Morgan fingerprint density at radius 1 is 1.30 bits per heavy atom. The summed E-state index contributed by atoms with van der Waals surface area (Å²) in [5.74, 6) is 0.0487. The number of nitrogens with zero attached hydrogens (tertiary/aromatic N) is 6. The van der Waals surface area contributed by atoms with E-state index in [4.69, 9.17) is 11.6 Å². The highest BCUT2D eigenvalue weighted by atomic mass is 35.5. The molecule has 1 unspecified atom stereocenters. The predicted octanol–water partition coefficient (Wildman–Crippen LogP) is 3.74. The average Bonchev–Trinajstić information content (AvgIpc) is 3.32. The highest BCUT2D eigenvalue weighted by molar-refractivity contribution is 6.34. The van der Waals surface area contributed by atoms with E-state index >= 15 is 0 Å². The van der Waals surface area contributed by atoms with E-state index in [-0.39, 0.29) is 18.2 Å². The van der Waals surface area contributed by atoms with E-state index < -0.39 is 22.7 Å². The number of alkyl halides is 3. The molecule has 7 nitrogen and oxygen atoms in total. The number of aromatic nitrogens is 5. The van der Waals surface area contributed by atoms with Crippen LogP contribution >= 0.6 is 11.6 Å². The van der Waals surface area contributed by atoms with Crippen LogP contribution in [0, 0.1) is 0 Å². The van der Waals surface area contributed by atoms with Crippen LogP contribution in [0.4, 0.5) is 13.2 Å². The maximum Gasteiger partial charge on any atom is 0.417 e. The number of carbonyl (C=O) groups is 1. The topological polar surface area (TPSA) is 68.8 Å². The minimum atomic E-state index is -4.64. The third kappa shape index (κ3) is 3.45. The van der Waals surface area contributed by atoms with Crippen LogP contribution in [-0.4, -0.2) is 41.6 Å². The first-order chi connectivity index (χ1) is 14.2. The lowest BCUT2D eigenvalue weighted by molar-refractivity contribution is -0.137. The summed E-state index contributed by atoms with van der Waals surface area (Å²) in [6.07, 6.45) is -2.37. The number of amides is 1. The number of aryl methyl sites for hydroxylation is 1. The van der Waals surface area contributed by atoms with Gasteiger partial charge in [-0.1, -0.05) is 22.9 Å². The Morgan fingerprint density at radius 3 is 2.73 bits per heavy atom. The molecule has 0 spiro atoms. The number of hydrogen-bond donors (Lipinski definition) is 0. The van der Waals surface area contributed by atoms with Gasteiger partial charge in [-0.25, -0.2) is 0 Å². The quantitative estimate of drug-likeness (QED) is 0.624. The minimum absolute atomic E-state index is 0.121. The molecule has 11 heteroatoms. The van der Waals surface area contributed by atoms with Gasteiger partial charge in [-0.05, 0) is 26.0 Å². The fraction of sp³-hybridized carbons (Fsp3) is 0.368. The minimum Gasteiger partial charge on any atom is -0.329 e. The Balaban J connectivity index is 1.64. The second kappa shape index (κ2) is 7.42. The van der Waals surface area contributed by atoms with Gasteiger partial charge in [-0.3, -0.25) is 9.48 Å². The van der Waals surface area contributed by atoms with Gasteiger partial charge in [0, 0.05) is 31.3 Å². The van der Waals surface area contributed by atoms with Crippen LogP contribution in [0.15, 0.2) is 30.5 Å². The van der Waals surface area contributed by atoms with Crippen LogP contribution in [-0.2, 0) is 25.7 Å². The zero-order chi connectivity index (χ0) is 21.6. The van der Waals surface area contributed by atoms with Crippen LogP contribution in [0.2, 0.25) is 5.02 Å². The molecule has 1 amide bonds. The highest BCUT2D eigenvalue weighted by Crippen LogP contribution is 2.37. The molecule has 0 saturated carbocycles. The van der Waals surface area contributed by atoms with Crippen molar-refractivity contribution in [2.75, 3.05) is 0 Å². The fourth-order valence-electron chi connectivity index (χ4n) is 3.53. The first kappa shape index (κ1) is 20.4. The number of benzene rings is 1. The number of fused-ring (bicyclic) bond motifs is 1. The monoisotopic (exact) mass is 438 g/mol. The van der Waals surface area contributed by atoms with Gasteiger partial charge in [0.2, 0.25) is 0 Å². The van der Waals surface area contributed by atoms with E-state index in [9.17, 15) is 18.0 Å². The lowest BCUT2D eigenvalue weighted by atomic mass is 10.0. The molecule has 158 valence electrons. The van der Waals surface area contributed by atoms with Crippen molar-refractivity contribution >= 4 is 17.5 Å². The Bertz CT molecular complexity index is 1110. The Hall–Kier alpha value is -2.88. The standard InChI is InChI=1S/C19H18ClF3N6O/c1-3-27-8-7-16(25-27)29-15-9-11(2)28(10-14(15)24-26-29)18(30)12-5-4-6-13(17(12)20)19(21,22)23/h4-8,11H,3,9-10H2,1-2H3. The van der Waals surface area contributed by atoms with Crippen molar-refractivity contribution in [3.63, 3.8) is 0 Å². The lowest BCUT2D eigenvalue weighted by Crippen LogP contribution is -2.43. The molecule has 1 aromatic carbocycles. The lowest BCUT2D eigenvalue weighted by Gasteiger charge is -2.33. The number of halogens is 4. The first-order valence-electron chi connectivity index (χ1n) is 9.34. The largest absolute Gasteiger partial charge is 0.417 e. The summed E-state index contributed by atoms with van der Waals surface area (Å²) in [5.41, 5.74) is 0.187. The second-order valence-electron chi connectivity index (χ2n) is 7.08. The molecule has 4 rings (SSSR count). The molecule has 1 aliphatic rings. The second-order valence-corrected chi connectivity index (χ2v) is 7.45. The van der Waals surface area contributed by atoms with E-state index in [1.165, 1.54) is 17.0 Å². The maximum atomic E-state index is 13.2. The normalized spacial score (nSPS) is 16.6. The van der Waals surface area contributed by atoms with Crippen LogP contribution < -0.4 is 0 Å². The molecule has 0 bridgehead atoms. The van der Waals surface area contributed by atoms with Crippen molar-refractivity contribution in [1.29, 1.82) is 0 Å². The number of rotatable bonds is 3. The van der Waals surface area contributed by atoms with E-state index in [1.54, 1.807) is 9.36 Å². The van der Waals surface area contributed by atoms with Crippen LogP contribution in [0.3, 0.4) is 0 Å². The van der Waals surface area contributed by atoms with E-state index in [0.29, 0.717) is 24.5 Å². The first-order valence-corrected chi connectivity index (χ1v) is 9.72. The van der Waals surface area contributed by atoms with Gasteiger partial charge in [0.15, 0.2) is 5.82 Å². The summed E-state index contributed by atoms with van der Waals surface area (Å²) in [5, 5.41) is 12.2. The van der Waals surface area contributed by atoms with Gasteiger partial charge in [-0.15, -0.1) is 5.10 Å². The van der Waals surface area contributed by atoms with Gasteiger partial charge in [0.1, 0.15) is 5.69 Å². The fourth-order valence-corrected chi connectivity index (χ4v) is 3.85. The van der Waals surface area contributed by atoms with Crippen molar-refractivity contribution in [3.8, 4) is 5.82 Å². The van der Waals surface area contributed by atoms with Crippen molar-refractivity contribution in [2.24, 2.45) is 0 Å². The molecule has 3 heterocycles. The molecule has 1 atom stereocenters. The summed E-state index contributed by atoms with van der Waals surface area (Å²) < 4.78 is 42.9. The van der Waals surface area contributed by atoms with Gasteiger partial charge in [0.25, 0.3) is 5.91 Å². The van der Waals surface area contributed by atoms with Crippen molar-refractivity contribution in [2.45, 2.75) is 45.6 Å². The van der Waals surface area contributed by atoms with Crippen LogP contribution in [0.25, 0.3) is 5.82 Å². The Morgan fingerprint density at radius 2 is 2.07 bits per heavy atom. The SMILES string of the molecule is CCn1ccc(-n2nnc3c2CC(C)N(C(=O)c2cccc(C(F)(F)F)c2Cl)C3)n1. The van der Waals surface area contributed by atoms with E-state index in [2.05, 4.69) is 15.4 Å². The molecule has 2 aromatic heterocycles. The molecular formula is C19H18ClF3N6O. The third-order valence-electron chi connectivity index (χ3n) is 5.15. The smallest absolute Gasteiger partial charge is 0.329 e. The molecule has 0 N–H and O–H groups in total. The van der Waals surface area contributed by atoms with E-state index in [1.807, 2.05) is 26.1 Å². The molecule has 0 fully saturated rings. The van der Waals surface area contributed by atoms with E-state index in [0.717, 1.165) is 11.8 Å². The summed E-state index contributed by atoms with van der Waals surface area (Å²) in [7, 11) is 0. The zero-order valence-corrected chi connectivity index (χ0v) is 16.9. The van der Waals surface area contributed by atoms with Gasteiger partial charge < -0.3 is 4.90 Å².